The average Bonchev–Trinajstić information content (AvgIpc) is 3.31. The van der Waals surface area contributed by atoms with Gasteiger partial charge < -0.3 is 9.52 Å². The highest BCUT2D eigenvalue weighted by molar-refractivity contribution is 5.53. The number of rotatable bonds is 6. The van der Waals surface area contributed by atoms with Crippen molar-refractivity contribution in [3.8, 4) is 11.5 Å². The van der Waals surface area contributed by atoms with Crippen LogP contribution in [0, 0.1) is 11.6 Å². The lowest BCUT2D eigenvalue weighted by Crippen LogP contribution is -2.30. The minimum absolute atomic E-state index is 0.0482. The Hall–Kier alpha value is -2.57. The Morgan fingerprint density at radius 1 is 1.15 bits per heavy atom. The molecule has 0 bridgehead atoms. The lowest BCUT2D eigenvalue weighted by molar-refractivity contribution is 0.141. The van der Waals surface area contributed by atoms with Gasteiger partial charge in [0.1, 0.15) is 6.26 Å². The van der Waals surface area contributed by atoms with Crippen molar-refractivity contribution in [3.05, 3.63) is 77.2 Å². The molecule has 0 spiro atoms. The van der Waals surface area contributed by atoms with Crippen molar-refractivity contribution in [2.45, 2.75) is 25.4 Å². The predicted molar refractivity (Wildman–Crippen MR) is 96.9 cm³/mol. The Morgan fingerprint density at radius 3 is 2.81 bits per heavy atom. The summed E-state index contributed by atoms with van der Waals surface area (Å²) >= 11 is 0. The van der Waals surface area contributed by atoms with Crippen LogP contribution in [0.2, 0.25) is 0 Å². The van der Waals surface area contributed by atoms with Gasteiger partial charge in [0.25, 0.3) is 0 Å². The molecular weight excluding hydrogens is 350 g/mol. The van der Waals surface area contributed by atoms with Crippen LogP contribution in [-0.4, -0.2) is 28.1 Å². The van der Waals surface area contributed by atoms with Crippen LogP contribution in [-0.2, 0) is 13.0 Å². The first-order valence-electron chi connectivity index (χ1n) is 8.98. The molecule has 1 unspecified atom stereocenters. The van der Waals surface area contributed by atoms with Gasteiger partial charge in [-0.05, 0) is 42.2 Å². The van der Waals surface area contributed by atoms with Crippen molar-refractivity contribution in [2.75, 3.05) is 13.2 Å². The molecule has 6 heteroatoms. The Bertz CT molecular complexity index is 941. The van der Waals surface area contributed by atoms with Crippen molar-refractivity contribution in [1.82, 2.24) is 9.88 Å². The van der Waals surface area contributed by atoms with Crippen molar-refractivity contribution < 1.29 is 18.3 Å². The van der Waals surface area contributed by atoms with Crippen LogP contribution in [0.3, 0.4) is 0 Å². The molecule has 2 aromatic carbocycles. The highest BCUT2D eigenvalue weighted by Gasteiger charge is 2.28. The molecule has 3 aromatic rings. The van der Waals surface area contributed by atoms with E-state index >= 15 is 0 Å². The first kappa shape index (κ1) is 17.8. The van der Waals surface area contributed by atoms with Gasteiger partial charge in [0.2, 0.25) is 5.89 Å². The van der Waals surface area contributed by atoms with E-state index in [1.54, 1.807) is 0 Å². The second-order valence-corrected chi connectivity index (χ2v) is 6.72. The SMILES string of the molecule is OCCN(Cc1coc(-c2ccc(F)c(F)c2)n1)C1CCc2ccccc21. The molecule has 0 fully saturated rings. The number of fused-ring (bicyclic) bond motifs is 1. The number of aliphatic hydroxyl groups is 1. The van der Waals surface area contributed by atoms with Gasteiger partial charge in [-0.15, -0.1) is 0 Å². The van der Waals surface area contributed by atoms with Crippen LogP contribution in [0.25, 0.3) is 11.5 Å². The predicted octanol–water partition coefficient (Wildman–Crippen LogP) is 4.10. The van der Waals surface area contributed by atoms with E-state index in [4.69, 9.17) is 4.42 Å². The second-order valence-electron chi connectivity index (χ2n) is 6.72. The van der Waals surface area contributed by atoms with Crippen LogP contribution in [0.1, 0.15) is 29.3 Å². The summed E-state index contributed by atoms with van der Waals surface area (Å²) in [6.45, 7) is 1.08. The van der Waals surface area contributed by atoms with Crippen molar-refractivity contribution in [1.29, 1.82) is 0 Å². The largest absolute Gasteiger partial charge is 0.444 e. The van der Waals surface area contributed by atoms with Crippen molar-refractivity contribution in [3.63, 3.8) is 0 Å². The number of aryl methyl sites for hydroxylation is 1. The van der Waals surface area contributed by atoms with E-state index < -0.39 is 11.6 Å². The Morgan fingerprint density at radius 2 is 2.00 bits per heavy atom. The third kappa shape index (κ3) is 3.63. The summed E-state index contributed by atoms with van der Waals surface area (Å²) in [6.07, 6.45) is 3.54. The summed E-state index contributed by atoms with van der Waals surface area (Å²) in [5, 5.41) is 9.50. The normalized spacial score (nSPS) is 16.1. The summed E-state index contributed by atoms with van der Waals surface area (Å²) in [7, 11) is 0. The molecule has 1 aliphatic rings. The minimum atomic E-state index is -0.934. The van der Waals surface area contributed by atoms with Gasteiger partial charge >= 0.3 is 0 Å². The van der Waals surface area contributed by atoms with Gasteiger partial charge in [-0.3, -0.25) is 4.90 Å². The highest BCUT2D eigenvalue weighted by atomic mass is 19.2. The number of oxazole rings is 1. The number of halogens is 2. The van der Waals surface area contributed by atoms with E-state index in [9.17, 15) is 13.9 Å². The first-order valence-corrected chi connectivity index (χ1v) is 8.98. The van der Waals surface area contributed by atoms with Gasteiger partial charge in [0.05, 0.1) is 12.3 Å². The van der Waals surface area contributed by atoms with Gasteiger partial charge in [-0.1, -0.05) is 24.3 Å². The van der Waals surface area contributed by atoms with E-state index in [1.165, 1.54) is 23.5 Å². The third-order valence-corrected chi connectivity index (χ3v) is 5.01. The zero-order chi connectivity index (χ0) is 18.8. The van der Waals surface area contributed by atoms with E-state index in [-0.39, 0.29) is 18.5 Å². The number of hydrogen-bond donors (Lipinski definition) is 1. The van der Waals surface area contributed by atoms with Crippen molar-refractivity contribution in [2.24, 2.45) is 0 Å². The maximum atomic E-state index is 13.4. The number of aromatic nitrogens is 1. The zero-order valence-electron chi connectivity index (χ0n) is 14.7. The Labute approximate surface area is 156 Å². The van der Waals surface area contributed by atoms with Crippen LogP contribution < -0.4 is 0 Å². The molecular formula is C21H20F2N2O2. The molecule has 0 radical (unpaired) electrons. The fourth-order valence-corrected chi connectivity index (χ4v) is 3.74. The molecule has 4 rings (SSSR count). The summed E-state index contributed by atoms with van der Waals surface area (Å²) in [5.74, 6) is -1.59. The molecule has 0 saturated carbocycles. The molecule has 140 valence electrons. The number of nitrogens with zero attached hydrogens (tertiary/aromatic N) is 2. The van der Waals surface area contributed by atoms with E-state index in [0.29, 0.717) is 24.3 Å². The van der Waals surface area contributed by atoms with E-state index in [2.05, 4.69) is 22.0 Å². The smallest absolute Gasteiger partial charge is 0.226 e. The average molecular weight is 370 g/mol. The molecule has 27 heavy (non-hydrogen) atoms. The Balaban J connectivity index is 1.55. The van der Waals surface area contributed by atoms with Gasteiger partial charge in [0.15, 0.2) is 11.6 Å². The van der Waals surface area contributed by atoms with Crippen molar-refractivity contribution >= 4 is 0 Å². The molecule has 0 saturated heterocycles. The van der Waals surface area contributed by atoms with Crippen LogP contribution in [0.4, 0.5) is 8.78 Å². The monoisotopic (exact) mass is 370 g/mol. The van der Waals surface area contributed by atoms with Crippen LogP contribution >= 0.6 is 0 Å². The van der Waals surface area contributed by atoms with E-state index in [0.717, 1.165) is 25.0 Å². The second kappa shape index (κ2) is 7.58. The third-order valence-electron chi connectivity index (χ3n) is 5.01. The number of benzene rings is 2. The first-order chi connectivity index (χ1) is 13.2. The maximum Gasteiger partial charge on any atom is 0.226 e. The fourth-order valence-electron chi connectivity index (χ4n) is 3.74. The molecule has 1 aliphatic carbocycles. The molecule has 1 aromatic heterocycles. The summed E-state index contributed by atoms with van der Waals surface area (Å²) < 4.78 is 32.0. The van der Waals surface area contributed by atoms with Gasteiger partial charge in [0, 0.05) is 24.7 Å². The molecule has 1 N–H and O–H groups in total. The van der Waals surface area contributed by atoms with Gasteiger partial charge in [-0.2, -0.15) is 0 Å². The Kier molecular flexibility index (Phi) is 5.01. The topological polar surface area (TPSA) is 49.5 Å². The van der Waals surface area contributed by atoms with E-state index in [1.807, 2.05) is 12.1 Å². The summed E-state index contributed by atoms with van der Waals surface area (Å²) in [5.41, 5.74) is 3.70. The minimum Gasteiger partial charge on any atom is -0.444 e. The molecule has 0 aliphatic heterocycles. The molecule has 1 heterocycles. The number of hydrogen-bond acceptors (Lipinski definition) is 4. The van der Waals surface area contributed by atoms with Gasteiger partial charge in [-0.25, -0.2) is 13.8 Å². The highest BCUT2D eigenvalue weighted by Crippen LogP contribution is 2.36. The summed E-state index contributed by atoms with van der Waals surface area (Å²) in [6, 6.07) is 12.1. The molecule has 4 nitrogen and oxygen atoms in total. The lowest BCUT2D eigenvalue weighted by atomic mass is 10.1. The molecule has 0 amide bonds. The quantitative estimate of drug-likeness (QED) is 0.710. The van der Waals surface area contributed by atoms with Crippen LogP contribution in [0.5, 0.6) is 0 Å². The summed E-state index contributed by atoms with van der Waals surface area (Å²) in [4.78, 5) is 6.60. The number of aliphatic hydroxyl groups excluding tert-OH is 1. The standard InChI is InChI=1S/C21H20F2N2O2/c22-18-7-5-15(11-19(18)23)21-24-16(13-27-21)12-25(9-10-26)20-8-6-14-3-1-2-4-17(14)20/h1-5,7,11,13,20,26H,6,8-10,12H2. The fraction of sp³-hybridized carbons (Fsp3) is 0.286. The molecule has 1 atom stereocenters. The van der Waals surface area contributed by atoms with Crippen LogP contribution in [0.15, 0.2) is 53.1 Å². The lowest BCUT2D eigenvalue weighted by Gasteiger charge is -2.28. The zero-order valence-corrected chi connectivity index (χ0v) is 14.7. The maximum absolute atomic E-state index is 13.4.